The molecule has 4 rings (SSSR count). The first-order valence-corrected chi connectivity index (χ1v) is 13.1. The van der Waals surface area contributed by atoms with Gasteiger partial charge in [-0.3, -0.25) is 14.5 Å². The molecule has 2 N–H and O–H groups in total. The van der Waals surface area contributed by atoms with Gasteiger partial charge in [-0.05, 0) is 68.3 Å². The lowest BCUT2D eigenvalue weighted by Crippen LogP contribution is -2.30. The number of imide groups is 1. The SMILES string of the molecule is C=CCc1cc(/C=C2\NC(=O)N(Cc3ccc(C(=O)OC)o3)C2=O)cc(OCC)c1OCC(=O)Nc1ccc(C)cc1. The number of carbonyl (C=O) groups is 4. The molecule has 218 valence electrons. The molecule has 0 atom stereocenters. The molecule has 1 aliphatic rings. The highest BCUT2D eigenvalue weighted by Crippen LogP contribution is 2.35. The summed E-state index contributed by atoms with van der Waals surface area (Å²) in [4.78, 5) is 50.9. The number of rotatable bonds is 12. The van der Waals surface area contributed by atoms with Crippen molar-refractivity contribution in [2.75, 3.05) is 25.6 Å². The third-order valence-electron chi connectivity index (χ3n) is 6.14. The first kappa shape index (κ1) is 29.7. The minimum atomic E-state index is -0.668. The number of nitrogens with zero attached hydrogens (tertiary/aromatic N) is 1. The predicted octanol–water partition coefficient (Wildman–Crippen LogP) is 4.61. The number of furan rings is 1. The Balaban J connectivity index is 1.53. The number of hydrogen-bond donors (Lipinski definition) is 2. The number of allylic oxidation sites excluding steroid dienone is 1. The normalized spacial score (nSPS) is 13.6. The fourth-order valence-corrected chi connectivity index (χ4v) is 4.18. The molecule has 4 amide bonds. The summed E-state index contributed by atoms with van der Waals surface area (Å²) >= 11 is 0. The van der Waals surface area contributed by atoms with E-state index < -0.39 is 17.9 Å². The molecule has 0 bridgehead atoms. The maximum absolute atomic E-state index is 13.1. The molecule has 11 nitrogen and oxygen atoms in total. The minimum absolute atomic E-state index is 0.0385. The Morgan fingerprint density at radius 2 is 1.86 bits per heavy atom. The predicted molar refractivity (Wildman–Crippen MR) is 154 cm³/mol. The molecule has 2 aromatic carbocycles. The van der Waals surface area contributed by atoms with Crippen molar-refractivity contribution in [2.45, 2.75) is 26.8 Å². The van der Waals surface area contributed by atoms with Gasteiger partial charge in [0.2, 0.25) is 5.76 Å². The number of carbonyl (C=O) groups excluding carboxylic acids is 4. The monoisotopic (exact) mass is 573 g/mol. The lowest BCUT2D eigenvalue weighted by atomic mass is 10.0. The van der Waals surface area contributed by atoms with E-state index in [0.717, 1.165) is 10.5 Å². The van der Waals surface area contributed by atoms with Gasteiger partial charge in [-0.15, -0.1) is 6.58 Å². The van der Waals surface area contributed by atoms with E-state index in [1.54, 1.807) is 18.2 Å². The summed E-state index contributed by atoms with van der Waals surface area (Å²) in [5.41, 5.74) is 3.00. The maximum atomic E-state index is 13.1. The Hall–Kier alpha value is -5.32. The number of anilines is 1. The molecule has 11 heteroatoms. The average molecular weight is 574 g/mol. The van der Waals surface area contributed by atoms with E-state index in [-0.39, 0.29) is 36.3 Å². The molecule has 0 radical (unpaired) electrons. The highest BCUT2D eigenvalue weighted by Gasteiger charge is 2.34. The van der Waals surface area contributed by atoms with Crippen LogP contribution < -0.4 is 20.1 Å². The maximum Gasteiger partial charge on any atom is 0.373 e. The van der Waals surface area contributed by atoms with Gasteiger partial charge in [-0.1, -0.05) is 23.8 Å². The number of benzene rings is 2. The fourth-order valence-electron chi connectivity index (χ4n) is 4.18. The molecular formula is C31H31N3O8. The van der Waals surface area contributed by atoms with Gasteiger partial charge in [-0.25, -0.2) is 9.59 Å². The van der Waals surface area contributed by atoms with Crippen molar-refractivity contribution >= 4 is 35.6 Å². The zero-order valence-electron chi connectivity index (χ0n) is 23.5. The molecular weight excluding hydrogens is 542 g/mol. The highest BCUT2D eigenvalue weighted by atomic mass is 16.5. The summed E-state index contributed by atoms with van der Waals surface area (Å²) in [7, 11) is 1.22. The second-order valence-corrected chi connectivity index (χ2v) is 9.27. The van der Waals surface area contributed by atoms with Crippen LogP contribution in [0.1, 0.15) is 39.9 Å². The molecule has 0 unspecified atom stereocenters. The summed E-state index contributed by atoms with van der Waals surface area (Å²) in [5, 5.41) is 5.36. The van der Waals surface area contributed by atoms with Gasteiger partial charge in [0.25, 0.3) is 11.8 Å². The Kier molecular flexibility index (Phi) is 9.43. The van der Waals surface area contributed by atoms with Gasteiger partial charge in [0.15, 0.2) is 18.1 Å². The first-order chi connectivity index (χ1) is 20.2. The van der Waals surface area contributed by atoms with Crippen LogP contribution in [0.3, 0.4) is 0 Å². The van der Waals surface area contributed by atoms with Crippen molar-refractivity contribution in [3.05, 3.63) is 95.1 Å². The summed E-state index contributed by atoms with van der Waals surface area (Å²) < 4.78 is 21.7. The van der Waals surface area contributed by atoms with Crippen LogP contribution in [0, 0.1) is 6.92 Å². The van der Waals surface area contributed by atoms with Gasteiger partial charge < -0.3 is 29.3 Å². The Labute approximate surface area is 242 Å². The number of methoxy groups -OCH3 is 1. The Bertz CT molecular complexity index is 1540. The molecule has 0 spiro atoms. The summed E-state index contributed by atoms with van der Waals surface area (Å²) in [6.07, 6.45) is 3.59. The lowest BCUT2D eigenvalue weighted by Gasteiger charge is -2.17. The molecule has 0 aliphatic carbocycles. The van der Waals surface area contributed by atoms with Crippen LogP contribution in [-0.2, 0) is 27.3 Å². The molecule has 3 aromatic rings. The van der Waals surface area contributed by atoms with Crippen molar-refractivity contribution in [3.63, 3.8) is 0 Å². The average Bonchev–Trinajstić information content (AvgIpc) is 3.54. The number of ether oxygens (including phenoxy) is 3. The molecule has 42 heavy (non-hydrogen) atoms. The van der Waals surface area contributed by atoms with Gasteiger partial charge >= 0.3 is 12.0 Å². The lowest BCUT2D eigenvalue weighted by molar-refractivity contribution is -0.123. The number of urea groups is 1. The number of hydrogen-bond acceptors (Lipinski definition) is 8. The quantitative estimate of drug-likeness (QED) is 0.139. The van der Waals surface area contributed by atoms with Crippen molar-refractivity contribution in [1.29, 1.82) is 0 Å². The van der Waals surface area contributed by atoms with Crippen molar-refractivity contribution in [1.82, 2.24) is 10.2 Å². The second kappa shape index (κ2) is 13.4. The van der Waals surface area contributed by atoms with Gasteiger partial charge in [0, 0.05) is 11.3 Å². The van der Waals surface area contributed by atoms with Crippen LogP contribution in [-0.4, -0.2) is 49.0 Å². The summed E-state index contributed by atoms with van der Waals surface area (Å²) in [5.74, 6) is -0.645. The molecule has 1 aromatic heterocycles. The number of aryl methyl sites for hydroxylation is 1. The van der Waals surface area contributed by atoms with Crippen LogP contribution in [0.5, 0.6) is 11.5 Å². The van der Waals surface area contributed by atoms with E-state index in [4.69, 9.17) is 13.9 Å². The topological polar surface area (TPSA) is 136 Å². The smallest absolute Gasteiger partial charge is 0.373 e. The number of nitrogens with one attached hydrogen (secondary N) is 2. The van der Waals surface area contributed by atoms with Crippen molar-refractivity contribution in [3.8, 4) is 11.5 Å². The van der Waals surface area contributed by atoms with Crippen LogP contribution >= 0.6 is 0 Å². The highest BCUT2D eigenvalue weighted by molar-refractivity contribution is 6.13. The molecule has 2 heterocycles. The van der Waals surface area contributed by atoms with Crippen LogP contribution in [0.25, 0.3) is 6.08 Å². The standard InChI is InChI=1S/C31H31N3O8/c1-5-7-21-14-20(15-24-29(36)34(31(38)33-24)17-23-12-13-25(42-23)30(37)39-4)16-26(40-6-2)28(21)41-18-27(35)32-22-10-8-19(3)9-11-22/h5,8-16H,1,6-7,17-18H2,2-4H3,(H,32,35)(H,33,38)/b24-15-. The Morgan fingerprint density at radius 3 is 2.55 bits per heavy atom. The van der Waals surface area contributed by atoms with Gasteiger partial charge in [0.05, 0.1) is 20.3 Å². The number of esters is 1. The van der Waals surface area contributed by atoms with Crippen molar-refractivity contribution < 1.29 is 37.8 Å². The van der Waals surface area contributed by atoms with Crippen molar-refractivity contribution in [2.24, 2.45) is 0 Å². The van der Waals surface area contributed by atoms with E-state index in [0.29, 0.717) is 41.3 Å². The first-order valence-electron chi connectivity index (χ1n) is 13.1. The minimum Gasteiger partial charge on any atom is -0.490 e. The van der Waals surface area contributed by atoms with Crippen LogP contribution in [0.4, 0.5) is 10.5 Å². The zero-order chi connectivity index (χ0) is 30.2. The summed E-state index contributed by atoms with van der Waals surface area (Å²) in [6.45, 7) is 7.46. The zero-order valence-corrected chi connectivity index (χ0v) is 23.5. The third kappa shape index (κ3) is 7.05. The van der Waals surface area contributed by atoms with Gasteiger partial charge in [-0.2, -0.15) is 0 Å². The molecule has 1 fully saturated rings. The Morgan fingerprint density at radius 1 is 1.10 bits per heavy atom. The van der Waals surface area contributed by atoms with E-state index in [9.17, 15) is 19.2 Å². The molecule has 0 saturated carbocycles. The largest absolute Gasteiger partial charge is 0.490 e. The number of amides is 4. The van der Waals surface area contributed by atoms with E-state index in [1.165, 1.54) is 25.3 Å². The second-order valence-electron chi connectivity index (χ2n) is 9.27. The molecule has 1 saturated heterocycles. The van der Waals surface area contributed by atoms with Crippen LogP contribution in [0.2, 0.25) is 0 Å². The van der Waals surface area contributed by atoms with E-state index in [1.807, 2.05) is 38.1 Å². The fraction of sp³-hybridized carbons (Fsp3) is 0.226. The van der Waals surface area contributed by atoms with E-state index >= 15 is 0 Å². The van der Waals surface area contributed by atoms with E-state index in [2.05, 4.69) is 21.9 Å². The third-order valence-corrected chi connectivity index (χ3v) is 6.14. The van der Waals surface area contributed by atoms with Gasteiger partial charge in [0.1, 0.15) is 11.5 Å². The molecule has 1 aliphatic heterocycles. The summed E-state index contributed by atoms with van der Waals surface area (Å²) in [6, 6.07) is 13.1. The van der Waals surface area contributed by atoms with Crippen LogP contribution in [0.15, 0.2) is 71.3 Å².